The zero-order chi connectivity index (χ0) is 16.9. The minimum atomic E-state index is -0.702. The molecule has 126 valence electrons. The van der Waals surface area contributed by atoms with Crippen LogP contribution in [0, 0.1) is 0 Å². The van der Waals surface area contributed by atoms with Crippen LogP contribution in [0.5, 0.6) is 17.4 Å². The molecule has 0 radical (unpaired) electrons. The van der Waals surface area contributed by atoms with Crippen molar-refractivity contribution in [3.8, 4) is 17.4 Å². The van der Waals surface area contributed by atoms with Crippen molar-refractivity contribution in [3.63, 3.8) is 0 Å². The predicted octanol–water partition coefficient (Wildman–Crippen LogP) is 2.33. The van der Waals surface area contributed by atoms with Gasteiger partial charge in [-0.1, -0.05) is 18.2 Å². The Balaban J connectivity index is 1.66. The molecular formula is C18H20N2O4. The van der Waals surface area contributed by atoms with E-state index in [9.17, 15) is 4.79 Å². The quantitative estimate of drug-likeness (QED) is 0.912. The third-order valence-electron chi connectivity index (χ3n) is 3.68. The summed E-state index contributed by atoms with van der Waals surface area (Å²) in [5, 5.41) is 2.86. The molecule has 2 heterocycles. The number of hydrogen-bond donors (Lipinski definition) is 1. The van der Waals surface area contributed by atoms with Crippen LogP contribution in [0.25, 0.3) is 0 Å². The van der Waals surface area contributed by atoms with Crippen molar-refractivity contribution in [3.05, 3.63) is 48.2 Å². The van der Waals surface area contributed by atoms with Crippen LogP contribution in [0.1, 0.15) is 19.4 Å². The van der Waals surface area contributed by atoms with Crippen LogP contribution in [0.3, 0.4) is 0 Å². The van der Waals surface area contributed by atoms with Crippen molar-refractivity contribution in [1.29, 1.82) is 0 Å². The fourth-order valence-corrected chi connectivity index (χ4v) is 2.51. The van der Waals surface area contributed by atoms with Gasteiger partial charge < -0.3 is 19.5 Å². The van der Waals surface area contributed by atoms with E-state index in [0.29, 0.717) is 30.5 Å². The van der Waals surface area contributed by atoms with Gasteiger partial charge in [0.15, 0.2) is 11.5 Å². The summed E-state index contributed by atoms with van der Waals surface area (Å²) in [5.41, 5.74) is 0.817. The molecule has 3 rings (SSSR count). The maximum atomic E-state index is 12.5. The summed E-state index contributed by atoms with van der Waals surface area (Å²) in [6.45, 7) is 4.54. The zero-order valence-electron chi connectivity index (χ0n) is 13.7. The standard InChI is InChI=1S/C18H20N2O4/c1-3-22-18-13(7-6-10-19-18)11-20-17(21)16-12(2)23-14-8-4-5-9-15(14)24-16/h4-10,12,16H,3,11H2,1-2H3,(H,20,21)/t12-,16-/m1/s1. The number of hydrogen-bond acceptors (Lipinski definition) is 5. The Morgan fingerprint density at radius 3 is 2.71 bits per heavy atom. The van der Waals surface area contributed by atoms with Crippen LogP contribution in [-0.4, -0.2) is 29.7 Å². The van der Waals surface area contributed by atoms with E-state index in [1.54, 1.807) is 12.3 Å². The van der Waals surface area contributed by atoms with Crippen LogP contribution in [-0.2, 0) is 11.3 Å². The Morgan fingerprint density at radius 2 is 1.96 bits per heavy atom. The monoisotopic (exact) mass is 328 g/mol. The van der Waals surface area contributed by atoms with Gasteiger partial charge in [-0.25, -0.2) is 4.98 Å². The average molecular weight is 328 g/mol. The highest BCUT2D eigenvalue weighted by Crippen LogP contribution is 2.33. The van der Waals surface area contributed by atoms with Gasteiger partial charge in [-0.3, -0.25) is 4.79 Å². The fourth-order valence-electron chi connectivity index (χ4n) is 2.51. The Kier molecular flexibility index (Phi) is 4.84. The number of ether oxygens (including phenoxy) is 3. The molecule has 1 aromatic heterocycles. The first-order valence-electron chi connectivity index (χ1n) is 7.95. The maximum Gasteiger partial charge on any atom is 0.265 e. The summed E-state index contributed by atoms with van der Waals surface area (Å²) in [6, 6.07) is 11.0. The van der Waals surface area contributed by atoms with E-state index < -0.39 is 6.10 Å². The number of fused-ring (bicyclic) bond motifs is 1. The van der Waals surface area contributed by atoms with Crippen molar-refractivity contribution in [2.24, 2.45) is 0 Å². The molecule has 0 saturated heterocycles. The molecule has 24 heavy (non-hydrogen) atoms. The Bertz CT molecular complexity index is 720. The van der Waals surface area contributed by atoms with Crippen molar-refractivity contribution in [2.75, 3.05) is 6.61 Å². The normalized spacial score (nSPS) is 18.8. The molecule has 1 aromatic carbocycles. The number of carbonyl (C=O) groups excluding carboxylic acids is 1. The van der Waals surface area contributed by atoms with Gasteiger partial charge in [0.1, 0.15) is 6.10 Å². The van der Waals surface area contributed by atoms with Gasteiger partial charge in [0.25, 0.3) is 5.91 Å². The molecule has 0 bridgehead atoms. The average Bonchev–Trinajstić information content (AvgIpc) is 2.60. The first kappa shape index (κ1) is 16.1. The van der Waals surface area contributed by atoms with Crippen molar-refractivity contribution in [2.45, 2.75) is 32.6 Å². The summed E-state index contributed by atoms with van der Waals surface area (Å²) >= 11 is 0. The summed E-state index contributed by atoms with van der Waals surface area (Å²) in [7, 11) is 0. The number of para-hydroxylation sites is 2. The lowest BCUT2D eigenvalue weighted by Gasteiger charge is -2.31. The third kappa shape index (κ3) is 3.42. The topological polar surface area (TPSA) is 69.7 Å². The van der Waals surface area contributed by atoms with Gasteiger partial charge in [0.2, 0.25) is 12.0 Å². The number of aromatic nitrogens is 1. The molecule has 0 fully saturated rings. The number of nitrogens with one attached hydrogen (secondary N) is 1. The lowest BCUT2D eigenvalue weighted by molar-refractivity contribution is -0.133. The summed E-state index contributed by atoms with van der Waals surface area (Å²) < 4.78 is 17.0. The first-order chi connectivity index (χ1) is 11.7. The maximum absolute atomic E-state index is 12.5. The molecule has 2 atom stereocenters. The van der Waals surface area contributed by atoms with Crippen LogP contribution in [0.2, 0.25) is 0 Å². The number of amides is 1. The van der Waals surface area contributed by atoms with E-state index in [-0.39, 0.29) is 12.0 Å². The lowest BCUT2D eigenvalue weighted by Crippen LogP contribution is -2.48. The van der Waals surface area contributed by atoms with Crippen LogP contribution >= 0.6 is 0 Å². The molecule has 1 amide bonds. The molecule has 1 N–H and O–H groups in total. The smallest absolute Gasteiger partial charge is 0.265 e. The second-order valence-electron chi connectivity index (χ2n) is 5.43. The summed E-state index contributed by atoms with van der Waals surface area (Å²) in [4.78, 5) is 16.7. The lowest BCUT2D eigenvalue weighted by atomic mass is 10.1. The van der Waals surface area contributed by atoms with Crippen molar-refractivity contribution >= 4 is 5.91 Å². The second-order valence-corrected chi connectivity index (χ2v) is 5.43. The van der Waals surface area contributed by atoms with E-state index in [1.165, 1.54) is 0 Å². The van der Waals surface area contributed by atoms with Crippen LogP contribution in [0.4, 0.5) is 0 Å². The molecule has 0 unspecified atom stereocenters. The van der Waals surface area contributed by atoms with Crippen molar-refractivity contribution in [1.82, 2.24) is 10.3 Å². The number of rotatable bonds is 5. The summed E-state index contributed by atoms with van der Waals surface area (Å²) in [5.74, 6) is 1.52. The molecule has 0 aliphatic carbocycles. The second kappa shape index (κ2) is 7.21. The molecule has 6 heteroatoms. The van der Waals surface area contributed by atoms with Crippen molar-refractivity contribution < 1.29 is 19.0 Å². The Morgan fingerprint density at radius 1 is 1.21 bits per heavy atom. The number of pyridine rings is 1. The van der Waals surface area contributed by atoms with Crippen LogP contribution in [0.15, 0.2) is 42.6 Å². The van der Waals surface area contributed by atoms with E-state index >= 15 is 0 Å². The SMILES string of the molecule is CCOc1ncccc1CNC(=O)[C@@H]1Oc2ccccc2O[C@@H]1C. The molecule has 0 spiro atoms. The van der Waals surface area contributed by atoms with Gasteiger partial charge in [-0.05, 0) is 32.0 Å². The zero-order valence-corrected chi connectivity index (χ0v) is 13.7. The highest BCUT2D eigenvalue weighted by Gasteiger charge is 2.33. The number of benzene rings is 1. The fraction of sp³-hybridized carbons (Fsp3) is 0.333. The summed E-state index contributed by atoms with van der Waals surface area (Å²) in [6.07, 6.45) is 0.584. The molecule has 1 aliphatic rings. The van der Waals surface area contributed by atoms with Gasteiger partial charge >= 0.3 is 0 Å². The van der Waals surface area contributed by atoms with E-state index in [4.69, 9.17) is 14.2 Å². The highest BCUT2D eigenvalue weighted by molar-refractivity contribution is 5.82. The van der Waals surface area contributed by atoms with Crippen LogP contribution < -0.4 is 19.5 Å². The first-order valence-corrected chi connectivity index (χ1v) is 7.95. The predicted molar refractivity (Wildman–Crippen MR) is 88.2 cm³/mol. The van der Waals surface area contributed by atoms with Gasteiger partial charge in [0, 0.05) is 18.3 Å². The van der Waals surface area contributed by atoms with Gasteiger partial charge in [-0.2, -0.15) is 0 Å². The van der Waals surface area contributed by atoms with E-state index in [2.05, 4.69) is 10.3 Å². The number of nitrogens with zero attached hydrogens (tertiary/aromatic N) is 1. The minimum Gasteiger partial charge on any atom is -0.482 e. The highest BCUT2D eigenvalue weighted by atomic mass is 16.6. The van der Waals surface area contributed by atoms with E-state index in [0.717, 1.165) is 5.56 Å². The molecule has 1 aliphatic heterocycles. The van der Waals surface area contributed by atoms with Gasteiger partial charge in [0.05, 0.1) is 6.61 Å². The molecule has 6 nitrogen and oxygen atoms in total. The van der Waals surface area contributed by atoms with Gasteiger partial charge in [-0.15, -0.1) is 0 Å². The van der Waals surface area contributed by atoms with E-state index in [1.807, 2.05) is 44.2 Å². The minimum absolute atomic E-state index is 0.233. The largest absolute Gasteiger partial charge is 0.482 e. The molecule has 0 saturated carbocycles. The number of carbonyl (C=O) groups is 1. The molecular weight excluding hydrogens is 308 g/mol. The Hall–Kier alpha value is -2.76. The Labute approximate surface area is 140 Å². The molecule has 2 aromatic rings. The third-order valence-corrected chi connectivity index (χ3v) is 3.68.